The molecule has 6 heteroatoms. The molecule has 2 N–H and O–H groups in total. The lowest BCUT2D eigenvalue weighted by Crippen LogP contribution is -2.45. The van der Waals surface area contributed by atoms with Crippen LogP contribution in [0.25, 0.3) is 0 Å². The van der Waals surface area contributed by atoms with Crippen molar-refractivity contribution < 1.29 is 19.4 Å². The van der Waals surface area contributed by atoms with E-state index in [-0.39, 0.29) is 12.3 Å². The number of nitrogens with zero attached hydrogens (tertiary/aromatic N) is 1. The van der Waals surface area contributed by atoms with Crippen molar-refractivity contribution in [2.24, 2.45) is 0 Å². The van der Waals surface area contributed by atoms with Gasteiger partial charge < -0.3 is 15.2 Å². The Labute approximate surface area is 111 Å². The third-order valence-corrected chi connectivity index (χ3v) is 2.18. The highest BCUT2D eigenvalue weighted by molar-refractivity contribution is 5.94. The van der Waals surface area contributed by atoms with Gasteiger partial charge in [-0.25, -0.2) is 4.79 Å². The molecular weight excluding hydrogens is 248 g/mol. The van der Waals surface area contributed by atoms with Gasteiger partial charge in [-0.3, -0.25) is 9.78 Å². The van der Waals surface area contributed by atoms with Crippen LogP contribution in [0.5, 0.6) is 0 Å². The molecule has 0 fully saturated rings. The minimum absolute atomic E-state index is 0.0998. The number of nitrogens with one attached hydrogen (secondary N) is 1. The van der Waals surface area contributed by atoms with E-state index in [4.69, 9.17) is 9.84 Å². The lowest BCUT2D eigenvalue weighted by atomic mass is 10.2. The van der Waals surface area contributed by atoms with Crippen LogP contribution >= 0.6 is 0 Å². The second-order valence-electron chi connectivity index (χ2n) is 5.00. The largest absolute Gasteiger partial charge is 0.480 e. The molecule has 0 radical (unpaired) electrons. The van der Waals surface area contributed by atoms with E-state index in [0.717, 1.165) is 0 Å². The van der Waals surface area contributed by atoms with Gasteiger partial charge >= 0.3 is 5.97 Å². The maximum absolute atomic E-state index is 11.8. The first-order chi connectivity index (χ1) is 8.79. The zero-order chi connectivity index (χ0) is 14.5. The lowest BCUT2D eigenvalue weighted by Gasteiger charge is -2.22. The quantitative estimate of drug-likeness (QED) is 0.832. The molecule has 0 aromatic carbocycles. The van der Waals surface area contributed by atoms with Crippen molar-refractivity contribution in [3.8, 4) is 0 Å². The van der Waals surface area contributed by atoms with Crippen molar-refractivity contribution in [3.63, 3.8) is 0 Å². The van der Waals surface area contributed by atoms with E-state index in [0.29, 0.717) is 0 Å². The van der Waals surface area contributed by atoms with Gasteiger partial charge in [0.05, 0.1) is 12.2 Å². The first-order valence-corrected chi connectivity index (χ1v) is 5.88. The topological polar surface area (TPSA) is 88.5 Å². The average Bonchev–Trinajstić information content (AvgIpc) is 2.33. The normalized spacial score (nSPS) is 12.8. The molecule has 0 aliphatic carbocycles. The van der Waals surface area contributed by atoms with Crippen LogP contribution in [-0.4, -0.2) is 40.2 Å². The Morgan fingerprint density at radius 1 is 1.42 bits per heavy atom. The maximum atomic E-state index is 11.8. The minimum Gasteiger partial charge on any atom is -0.480 e. The van der Waals surface area contributed by atoms with Crippen molar-refractivity contribution in [1.82, 2.24) is 10.3 Å². The molecule has 0 saturated carbocycles. The van der Waals surface area contributed by atoms with Crippen molar-refractivity contribution in [2.75, 3.05) is 6.61 Å². The molecular formula is C13H18N2O4. The summed E-state index contributed by atoms with van der Waals surface area (Å²) in [7, 11) is 0. The highest BCUT2D eigenvalue weighted by Crippen LogP contribution is 2.07. The fourth-order valence-electron chi connectivity index (χ4n) is 1.24. The number of carboxylic acids is 1. The van der Waals surface area contributed by atoms with Gasteiger partial charge in [-0.1, -0.05) is 6.07 Å². The lowest BCUT2D eigenvalue weighted by molar-refractivity contribution is -0.142. The number of carbonyl (C=O) groups is 2. The number of hydrogen-bond donors (Lipinski definition) is 2. The fraction of sp³-hybridized carbons (Fsp3) is 0.462. The van der Waals surface area contributed by atoms with Gasteiger partial charge in [0, 0.05) is 6.20 Å². The Bertz CT molecular complexity index is 440. The number of carbonyl (C=O) groups excluding carboxylic acids is 1. The summed E-state index contributed by atoms with van der Waals surface area (Å²) >= 11 is 0. The summed E-state index contributed by atoms with van der Waals surface area (Å²) in [6.07, 6.45) is 1.47. The molecule has 1 rings (SSSR count). The summed E-state index contributed by atoms with van der Waals surface area (Å²) in [6, 6.07) is 3.74. The van der Waals surface area contributed by atoms with E-state index in [1.165, 1.54) is 12.3 Å². The van der Waals surface area contributed by atoms with Gasteiger partial charge in [-0.2, -0.15) is 0 Å². The van der Waals surface area contributed by atoms with E-state index in [2.05, 4.69) is 10.3 Å². The van der Waals surface area contributed by atoms with Gasteiger partial charge in [0.15, 0.2) is 6.04 Å². The third-order valence-electron chi connectivity index (χ3n) is 2.18. The smallest absolute Gasteiger partial charge is 0.328 e. The van der Waals surface area contributed by atoms with Crippen LogP contribution in [0, 0.1) is 0 Å². The molecule has 0 aliphatic heterocycles. The molecule has 0 unspecified atom stereocenters. The van der Waals surface area contributed by atoms with Crippen molar-refractivity contribution in [1.29, 1.82) is 0 Å². The molecule has 1 aromatic heterocycles. The molecule has 0 aliphatic rings. The molecule has 104 valence electrons. The highest BCUT2D eigenvalue weighted by atomic mass is 16.5. The second-order valence-corrected chi connectivity index (χ2v) is 5.00. The van der Waals surface area contributed by atoms with Crippen molar-refractivity contribution in [2.45, 2.75) is 32.4 Å². The van der Waals surface area contributed by atoms with Crippen LogP contribution in [0.15, 0.2) is 24.4 Å². The summed E-state index contributed by atoms with van der Waals surface area (Å²) in [5.74, 6) is -1.68. The fourth-order valence-corrected chi connectivity index (χ4v) is 1.24. The Kier molecular flexibility index (Phi) is 5.00. The van der Waals surface area contributed by atoms with Crippen LogP contribution in [-0.2, 0) is 9.53 Å². The minimum atomic E-state index is -1.14. The number of amides is 1. The molecule has 0 spiro atoms. The van der Waals surface area contributed by atoms with E-state index in [1.54, 1.807) is 12.1 Å². The van der Waals surface area contributed by atoms with E-state index >= 15 is 0 Å². The Morgan fingerprint density at radius 2 is 2.11 bits per heavy atom. The van der Waals surface area contributed by atoms with E-state index < -0.39 is 23.5 Å². The number of aromatic nitrogens is 1. The third kappa shape index (κ3) is 5.48. The van der Waals surface area contributed by atoms with Crippen molar-refractivity contribution >= 4 is 11.9 Å². The second kappa shape index (κ2) is 6.29. The van der Waals surface area contributed by atoms with Crippen LogP contribution in [0.4, 0.5) is 0 Å². The maximum Gasteiger partial charge on any atom is 0.328 e. The SMILES string of the molecule is CC(C)(C)OC[C@H](NC(=O)c1ccccn1)C(=O)O. The van der Waals surface area contributed by atoms with Gasteiger partial charge in [0.2, 0.25) is 0 Å². The molecule has 1 amide bonds. The van der Waals surface area contributed by atoms with Gasteiger partial charge in [0.25, 0.3) is 5.91 Å². The van der Waals surface area contributed by atoms with E-state index in [9.17, 15) is 9.59 Å². The van der Waals surface area contributed by atoms with Crippen LogP contribution in [0.3, 0.4) is 0 Å². The van der Waals surface area contributed by atoms with Gasteiger partial charge in [0.1, 0.15) is 5.69 Å². The summed E-state index contributed by atoms with van der Waals surface area (Å²) in [5, 5.41) is 11.4. The molecule has 6 nitrogen and oxygen atoms in total. The first-order valence-electron chi connectivity index (χ1n) is 5.88. The molecule has 1 heterocycles. The summed E-state index contributed by atoms with van der Waals surface area (Å²) in [5.41, 5.74) is -0.298. The zero-order valence-corrected chi connectivity index (χ0v) is 11.2. The molecule has 19 heavy (non-hydrogen) atoms. The Balaban J connectivity index is 2.64. The molecule has 0 saturated heterocycles. The number of ether oxygens (including phenoxy) is 1. The monoisotopic (exact) mass is 266 g/mol. The van der Waals surface area contributed by atoms with Crippen LogP contribution < -0.4 is 5.32 Å². The summed E-state index contributed by atoms with van der Waals surface area (Å²) in [6.45, 7) is 5.34. The van der Waals surface area contributed by atoms with Crippen LogP contribution in [0.1, 0.15) is 31.3 Å². The van der Waals surface area contributed by atoms with Gasteiger partial charge in [-0.05, 0) is 32.9 Å². The highest BCUT2D eigenvalue weighted by Gasteiger charge is 2.23. The number of rotatable bonds is 5. The predicted molar refractivity (Wildman–Crippen MR) is 68.8 cm³/mol. The zero-order valence-electron chi connectivity index (χ0n) is 11.2. The Hall–Kier alpha value is -1.95. The number of carboxylic acid groups (broad SMARTS) is 1. The van der Waals surface area contributed by atoms with Gasteiger partial charge in [-0.15, -0.1) is 0 Å². The van der Waals surface area contributed by atoms with E-state index in [1.807, 2.05) is 20.8 Å². The summed E-state index contributed by atoms with van der Waals surface area (Å²) in [4.78, 5) is 26.7. The van der Waals surface area contributed by atoms with Crippen LogP contribution in [0.2, 0.25) is 0 Å². The molecule has 1 aromatic rings. The summed E-state index contributed by atoms with van der Waals surface area (Å²) < 4.78 is 5.37. The molecule has 0 bridgehead atoms. The predicted octanol–water partition coefficient (Wildman–Crippen LogP) is 1.08. The van der Waals surface area contributed by atoms with Crippen molar-refractivity contribution in [3.05, 3.63) is 30.1 Å². The number of hydrogen-bond acceptors (Lipinski definition) is 4. The number of pyridine rings is 1. The first kappa shape index (κ1) is 15.1. The average molecular weight is 266 g/mol. The molecule has 1 atom stereocenters. The number of aliphatic carboxylic acids is 1. The Morgan fingerprint density at radius 3 is 2.58 bits per heavy atom. The standard InChI is InChI=1S/C13H18N2O4/c1-13(2,3)19-8-10(12(17)18)15-11(16)9-6-4-5-7-14-9/h4-7,10H,8H2,1-3H3,(H,15,16)(H,17,18)/t10-/m0/s1.